The molecule has 4 fully saturated rings. The van der Waals surface area contributed by atoms with Crippen LogP contribution in [0.3, 0.4) is 0 Å². The SMILES string of the molecule is CC[C@@]12COC([C@H](n3cnc4c(=O)[nH]c(N=CN(C)C)nc43)O1)[C@H]2O[P@]1O[C@@H](c2ccccc2)[C@H]2CCCN21. The van der Waals surface area contributed by atoms with Gasteiger partial charge in [0.25, 0.3) is 14.1 Å². The van der Waals surface area contributed by atoms with Crippen LogP contribution in [0.1, 0.15) is 44.1 Å². The molecular weight excluding hydrogens is 521 g/mol. The number of hydrogen-bond acceptors (Lipinski definition) is 9. The van der Waals surface area contributed by atoms with Gasteiger partial charge in [-0.05, 0) is 24.8 Å². The number of nitrogens with one attached hydrogen (secondary N) is 1. The standard InChI is InChI=1S/C26H32N7O5P/c1-4-26-13-35-20(21(26)38-39-33-12-8-11-17(33)19(37-39)16-9-6-5-7-10-16)24(36-26)32-15-27-18-22(32)29-25(30-23(18)34)28-14-31(2)3/h5-7,9-10,14-15,17,19-21,24H,4,8,11-13H2,1-3H3,(H,29,30,34)/t17-,19+,20?,21-,24-,26+,39+/m1/s1. The zero-order valence-electron chi connectivity index (χ0n) is 22.1. The topological polar surface area (TPSA) is 119 Å². The lowest BCUT2D eigenvalue weighted by Gasteiger charge is -2.31. The number of nitrogens with zero attached hydrogens (tertiary/aromatic N) is 6. The fraction of sp³-hybridized carbons (Fsp3) is 0.538. The summed E-state index contributed by atoms with van der Waals surface area (Å²) >= 11 is 0. The average molecular weight is 554 g/mol. The molecule has 3 aromatic rings. The van der Waals surface area contributed by atoms with Crippen molar-refractivity contribution < 1.29 is 18.5 Å². The molecule has 7 atom stereocenters. The fourth-order valence-electron chi connectivity index (χ4n) is 6.06. The molecule has 7 rings (SSSR count). The second-order valence-corrected chi connectivity index (χ2v) is 12.1. The lowest BCUT2D eigenvalue weighted by atomic mass is 9.96. The van der Waals surface area contributed by atoms with E-state index in [0.29, 0.717) is 24.7 Å². The van der Waals surface area contributed by atoms with Gasteiger partial charge < -0.3 is 23.4 Å². The molecule has 0 saturated carbocycles. The minimum absolute atomic E-state index is 0.0104. The highest BCUT2D eigenvalue weighted by molar-refractivity contribution is 7.45. The van der Waals surface area contributed by atoms with Crippen molar-refractivity contribution in [1.82, 2.24) is 29.1 Å². The molecule has 1 N–H and O–H groups in total. The minimum atomic E-state index is -1.29. The number of hydrogen-bond donors (Lipinski definition) is 1. The van der Waals surface area contributed by atoms with Crippen LogP contribution in [0, 0.1) is 0 Å². The first kappa shape index (κ1) is 25.3. The van der Waals surface area contributed by atoms with E-state index in [0.717, 1.165) is 19.4 Å². The fourth-order valence-corrected chi connectivity index (χ4v) is 8.10. The van der Waals surface area contributed by atoms with Gasteiger partial charge in [-0.15, -0.1) is 0 Å². The van der Waals surface area contributed by atoms with Crippen molar-refractivity contribution >= 4 is 32.0 Å². The molecule has 6 heterocycles. The van der Waals surface area contributed by atoms with Gasteiger partial charge in [0.05, 0.1) is 19.3 Å². The second kappa shape index (κ2) is 9.72. The number of aromatic nitrogens is 4. The summed E-state index contributed by atoms with van der Waals surface area (Å²) in [6.45, 7) is 3.47. The Morgan fingerprint density at radius 3 is 2.97 bits per heavy atom. The summed E-state index contributed by atoms with van der Waals surface area (Å²) in [7, 11) is 2.40. The Bertz CT molecular complexity index is 1450. The van der Waals surface area contributed by atoms with Gasteiger partial charge in [-0.3, -0.25) is 14.3 Å². The molecule has 0 spiro atoms. The molecule has 0 radical (unpaired) electrons. The van der Waals surface area contributed by atoms with Crippen LogP contribution in [0.25, 0.3) is 11.2 Å². The van der Waals surface area contributed by atoms with Crippen LogP contribution in [0.5, 0.6) is 0 Å². The van der Waals surface area contributed by atoms with E-state index in [1.807, 2.05) is 20.2 Å². The van der Waals surface area contributed by atoms with Crippen LogP contribution in [0.4, 0.5) is 5.95 Å². The first-order chi connectivity index (χ1) is 19.0. The molecule has 0 aliphatic carbocycles. The van der Waals surface area contributed by atoms with Crippen LogP contribution < -0.4 is 5.56 Å². The normalized spacial score (nSPS) is 34.0. The largest absolute Gasteiger partial charge is 0.369 e. The maximum atomic E-state index is 12.7. The monoisotopic (exact) mass is 553 g/mol. The third-order valence-electron chi connectivity index (χ3n) is 8.04. The van der Waals surface area contributed by atoms with Crippen LogP contribution in [-0.2, 0) is 18.5 Å². The number of aromatic amines is 1. The van der Waals surface area contributed by atoms with E-state index in [2.05, 4.69) is 55.8 Å². The first-order valence-electron chi connectivity index (χ1n) is 13.4. The van der Waals surface area contributed by atoms with E-state index in [-0.39, 0.29) is 29.2 Å². The van der Waals surface area contributed by atoms with Crippen LogP contribution in [0.2, 0.25) is 0 Å². The Morgan fingerprint density at radius 1 is 1.33 bits per heavy atom. The highest BCUT2D eigenvalue weighted by Crippen LogP contribution is 2.63. The summed E-state index contributed by atoms with van der Waals surface area (Å²) in [5.41, 5.74) is 0.804. The zero-order valence-corrected chi connectivity index (χ0v) is 23.0. The van der Waals surface area contributed by atoms with Crippen molar-refractivity contribution in [3.05, 3.63) is 52.6 Å². The highest BCUT2D eigenvalue weighted by atomic mass is 31.2. The summed E-state index contributed by atoms with van der Waals surface area (Å²) in [6, 6.07) is 10.7. The molecule has 0 amide bonds. The minimum Gasteiger partial charge on any atom is -0.369 e. The summed E-state index contributed by atoms with van der Waals surface area (Å²) < 4.78 is 30.6. The quantitative estimate of drug-likeness (QED) is 0.267. The van der Waals surface area contributed by atoms with Crippen molar-refractivity contribution in [2.24, 2.45) is 4.99 Å². The summed E-state index contributed by atoms with van der Waals surface area (Å²) in [4.78, 5) is 30.3. The molecule has 1 aromatic carbocycles. The molecule has 206 valence electrons. The predicted octanol–water partition coefficient (Wildman–Crippen LogP) is 3.27. The highest BCUT2D eigenvalue weighted by Gasteiger charge is 2.64. The maximum Gasteiger partial charge on any atom is 0.280 e. The van der Waals surface area contributed by atoms with Gasteiger partial charge >= 0.3 is 0 Å². The molecule has 1 unspecified atom stereocenters. The molecule has 12 nitrogen and oxygen atoms in total. The molecular formula is C26H32N7O5P. The number of rotatable bonds is 7. The molecule has 39 heavy (non-hydrogen) atoms. The third kappa shape index (κ3) is 4.13. The van der Waals surface area contributed by atoms with Gasteiger partial charge in [0.15, 0.2) is 17.4 Å². The van der Waals surface area contributed by atoms with E-state index in [9.17, 15) is 4.79 Å². The number of ether oxygens (including phenoxy) is 2. The van der Waals surface area contributed by atoms with Crippen molar-refractivity contribution in [1.29, 1.82) is 0 Å². The Morgan fingerprint density at radius 2 is 2.18 bits per heavy atom. The molecule has 4 aliphatic rings. The lowest BCUT2D eigenvalue weighted by Crippen LogP contribution is -2.41. The van der Waals surface area contributed by atoms with Crippen molar-refractivity contribution in [2.45, 2.75) is 62.4 Å². The average Bonchev–Trinajstić information content (AvgIpc) is 3.75. The van der Waals surface area contributed by atoms with E-state index >= 15 is 0 Å². The number of aliphatic imine (C=N–C) groups is 1. The van der Waals surface area contributed by atoms with Crippen molar-refractivity contribution in [2.75, 3.05) is 27.2 Å². The van der Waals surface area contributed by atoms with Crippen LogP contribution >= 0.6 is 8.53 Å². The van der Waals surface area contributed by atoms with Gasteiger partial charge in [-0.1, -0.05) is 37.3 Å². The Balaban J connectivity index is 1.19. The van der Waals surface area contributed by atoms with E-state index < -0.39 is 26.5 Å². The van der Waals surface area contributed by atoms with Gasteiger partial charge in [0.2, 0.25) is 5.95 Å². The van der Waals surface area contributed by atoms with E-state index in [4.69, 9.17) is 18.5 Å². The smallest absolute Gasteiger partial charge is 0.280 e. The Hall–Kier alpha value is -2.73. The van der Waals surface area contributed by atoms with Gasteiger partial charge in [-0.25, -0.2) is 14.6 Å². The Kier molecular flexibility index (Phi) is 6.30. The third-order valence-corrected chi connectivity index (χ3v) is 9.77. The van der Waals surface area contributed by atoms with Gasteiger partial charge in [0.1, 0.15) is 23.9 Å². The van der Waals surface area contributed by atoms with Crippen molar-refractivity contribution in [3.8, 4) is 0 Å². The molecule has 2 aromatic heterocycles. The predicted molar refractivity (Wildman–Crippen MR) is 145 cm³/mol. The maximum absolute atomic E-state index is 12.7. The first-order valence-corrected chi connectivity index (χ1v) is 14.5. The van der Waals surface area contributed by atoms with Gasteiger partial charge in [0, 0.05) is 26.7 Å². The lowest BCUT2D eigenvalue weighted by molar-refractivity contribution is -0.172. The summed E-state index contributed by atoms with van der Waals surface area (Å²) in [5.74, 6) is 0.194. The number of fused-ring (bicyclic) bond motifs is 4. The summed E-state index contributed by atoms with van der Waals surface area (Å²) in [5, 5.41) is 0. The molecule has 13 heteroatoms. The Labute approximate surface area is 226 Å². The number of benzene rings is 1. The van der Waals surface area contributed by atoms with Crippen molar-refractivity contribution in [3.63, 3.8) is 0 Å². The second-order valence-electron chi connectivity index (χ2n) is 10.7. The number of imidazole rings is 1. The van der Waals surface area contributed by atoms with E-state index in [1.54, 1.807) is 22.1 Å². The van der Waals surface area contributed by atoms with Crippen LogP contribution in [-0.4, -0.2) is 86.5 Å². The summed E-state index contributed by atoms with van der Waals surface area (Å²) in [6.07, 6.45) is 4.79. The molecule has 4 saturated heterocycles. The van der Waals surface area contributed by atoms with Gasteiger partial charge in [-0.2, -0.15) is 4.98 Å². The van der Waals surface area contributed by atoms with E-state index in [1.165, 1.54) is 5.56 Å². The van der Waals surface area contributed by atoms with Crippen LogP contribution in [0.15, 0.2) is 46.4 Å². The molecule has 2 bridgehead atoms. The molecule has 4 aliphatic heterocycles. The number of H-pyrrole nitrogens is 1. The zero-order chi connectivity index (χ0) is 26.7.